The molecule has 0 saturated carbocycles. The SMILES string of the molecule is Cc1ccc(CN2CCNCC2c2nccn2C)cc1[N+](=O)[O-]. The summed E-state index contributed by atoms with van der Waals surface area (Å²) >= 11 is 0. The number of nitro benzene ring substituents is 1. The van der Waals surface area contributed by atoms with Gasteiger partial charge in [0.05, 0.1) is 11.0 Å². The van der Waals surface area contributed by atoms with Crippen LogP contribution in [-0.4, -0.2) is 39.0 Å². The molecule has 7 heteroatoms. The molecule has 122 valence electrons. The third-order valence-corrected chi connectivity index (χ3v) is 4.37. The van der Waals surface area contributed by atoms with Gasteiger partial charge in [0.15, 0.2) is 0 Å². The molecule has 0 spiro atoms. The summed E-state index contributed by atoms with van der Waals surface area (Å²) in [5.41, 5.74) is 1.84. The van der Waals surface area contributed by atoms with Gasteiger partial charge in [-0.1, -0.05) is 12.1 Å². The van der Waals surface area contributed by atoms with Crippen LogP contribution < -0.4 is 5.32 Å². The number of nitrogens with zero attached hydrogens (tertiary/aromatic N) is 4. The van der Waals surface area contributed by atoms with E-state index < -0.39 is 0 Å². The molecule has 0 radical (unpaired) electrons. The first-order valence-electron chi connectivity index (χ1n) is 7.72. The quantitative estimate of drug-likeness (QED) is 0.687. The lowest BCUT2D eigenvalue weighted by Crippen LogP contribution is -2.46. The summed E-state index contributed by atoms with van der Waals surface area (Å²) in [5.74, 6) is 1.01. The summed E-state index contributed by atoms with van der Waals surface area (Å²) in [7, 11) is 1.99. The second-order valence-corrected chi connectivity index (χ2v) is 5.96. The molecule has 7 nitrogen and oxygen atoms in total. The maximum absolute atomic E-state index is 11.1. The molecule has 1 saturated heterocycles. The van der Waals surface area contributed by atoms with Crippen molar-refractivity contribution in [2.75, 3.05) is 19.6 Å². The Bertz CT molecular complexity index is 712. The average molecular weight is 315 g/mol. The van der Waals surface area contributed by atoms with E-state index in [1.807, 2.05) is 29.9 Å². The van der Waals surface area contributed by atoms with E-state index in [0.717, 1.165) is 31.0 Å². The molecule has 1 unspecified atom stereocenters. The minimum absolute atomic E-state index is 0.170. The number of piperazine rings is 1. The molecule has 2 aromatic rings. The van der Waals surface area contributed by atoms with E-state index >= 15 is 0 Å². The summed E-state index contributed by atoms with van der Waals surface area (Å²) in [6.45, 7) is 5.08. The van der Waals surface area contributed by atoms with Crippen molar-refractivity contribution in [3.8, 4) is 0 Å². The molecule has 1 aromatic heterocycles. The Morgan fingerprint density at radius 2 is 2.30 bits per heavy atom. The van der Waals surface area contributed by atoms with Crippen LogP contribution in [0.5, 0.6) is 0 Å². The fraction of sp³-hybridized carbons (Fsp3) is 0.438. The number of nitro groups is 1. The lowest BCUT2D eigenvalue weighted by molar-refractivity contribution is -0.385. The Morgan fingerprint density at radius 1 is 1.48 bits per heavy atom. The summed E-state index contributed by atoms with van der Waals surface area (Å²) in [5, 5.41) is 14.5. The highest BCUT2D eigenvalue weighted by Crippen LogP contribution is 2.25. The van der Waals surface area contributed by atoms with Gasteiger partial charge < -0.3 is 9.88 Å². The predicted molar refractivity (Wildman–Crippen MR) is 87.1 cm³/mol. The van der Waals surface area contributed by atoms with E-state index in [9.17, 15) is 10.1 Å². The molecular formula is C16H21N5O2. The highest BCUT2D eigenvalue weighted by molar-refractivity contribution is 5.42. The number of aryl methyl sites for hydroxylation is 2. The fourth-order valence-corrected chi connectivity index (χ4v) is 3.07. The minimum atomic E-state index is -0.313. The lowest BCUT2D eigenvalue weighted by atomic mass is 10.1. The first-order chi connectivity index (χ1) is 11.1. The van der Waals surface area contributed by atoms with E-state index in [2.05, 4.69) is 15.2 Å². The van der Waals surface area contributed by atoms with E-state index in [4.69, 9.17) is 0 Å². The number of nitrogens with one attached hydrogen (secondary N) is 1. The number of imidazole rings is 1. The van der Waals surface area contributed by atoms with Crippen molar-refractivity contribution in [1.29, 1.82) is 0 Å². The van der Waals surface area contributed by atoms with Gasteiger partial charge in [0, 0.05) is 57.3 Å². The second-order valence-electron chi connectivity index (χ2n) is 5.96. The number of hydrogen-bond acceptors (Lipinski definition) is 5. The molecule has 1 aliphatic rings. The minimum Gasteiger partial charge on any atom is -0.337 e. The van der Waals surface area contributed by atoms with Gasteiger partial charge in [0.1, 0.15) is 5.82 Å². The maximum atomic E-state index is 11.1. The third kappa shape index (κ3) is 3.25. The van der Waals surface area contributed by atoms with Crippen LogP contribution in [0.25, 0.3) is 0 Å². The predicted octanol–water partition coefficient (Wildman–Crippen LogP) is 1.78. The van der Waals surface area contributed by atoms with Gasteiger partial charge in [-0.15, -0.1) is 0 Å². The molecule has 2 heterocycles. The topological polar surface area (TPSA) is 76.2 Å². The molecule has 1 N–H and O–H groups in total. The molecule has 1 aliphatic heterocycles. The molecule has 1 aromatic carbocycles. The number of benzene rings is 1. The van der Waals surface area contributed by atoms with E-state index in [-0.39, 0.29) is 16.7 Å². The first-order valence-corrected chi connectivity index (χ1v) is 7.72. The zero-order chi connectivity index (χ0) is 16.4. The number of hydrogen-bond donors (Lipinski definition) is 1. The van der Waals surface area contributed by atoms with Crippen molar-refractivity contribution >= 4 is 5.69 Å². The summed E-state index contributed by atoms with van der Waals surface area (Å²) < 4.78 is 2.03. The molecule has 0 amide bonds. The Labute approximate surface area is 135 Å². The van der Waals surface area contributed by atoms with Gasteiger partial charge >= 0.3 is 0 Å². The van der Waals surface area contributed by atoms with Crippen molar-refractivity contribution in [2.45, 2.75) is 19.5 Å². The lowest BCUT2D eigenvalue weighted by Gasteiger charge is -2.35. The third-order valence-electron chi connectivity index (χ3n) is 4.37. The van der Waals surface area contributed by atoms with Crippen LogP contribution in [0.15, 0.2) is 30.6 Å². The Morgan fingerprint density at radius 3 is 3.00 bits per heavy atom. The second kappa shape index (κ2) is 6.47. The van der Waals surface area contributed by atoms with Gasteiger partial charge in [-0.05, 0) is 12.5 Å². The van der Waals surface area contributed by atoms with Crippen LogP contribution in [0.1, 0.15) is 23.0 Å². The zero-order valence-corrected chi connectivity index (χ0v) is 13.4. The summed E-state index contributed by atoms with van der Waals surface area (Å²) in [6, 6.07) is 5.65. The zero-order valence-electron chi connectivity index (χ0n) is 13.4. The average Bonchev–Trinajstić information content (AvgIpc) is 2.95. The van der Waals surface area contributed by atoms with Gasteiger partial charge in [0.2, 0.25) is 0 Å². The smallest absolute Gasteiger partial charge is 0.272 e. The van der Waals surface area contributed by atoms with Crippen molar-refractivity contribution in [3.63, 3.8) is 0 Å². The van der Waals surface area contributed by atoms with Crippen LogP contribution in [0.3, 0.4) is 0 Å². The monoisotopic (exact) mass is 315 g/mol. The standard InChI is InChI=1S/C16H21N5O2/c1-12-3-4-13(9-14(12)21(22)23)11-20-8-5-17-10-15(20)16-18-6-7-19(16)2/h3-4,6-7,9,15,17H,5,8,10-11H2,1-2H3. The Balaban J connectivity index is 1.84. The van der Waals surface area contributed by atoms with Gasteiger partial charge in [0.25, 0.3) is 5.69 Å². The fourth-order valence-electron chi connectivity index (χ4n) is 3.07. The van der Waals surface area contributed by atoms with E-state index in [1.165, 1.54) is 0 Å². The Kier molecular flexibility index (Phi) is 4.40. The molecule has 0 bridgehead atoms. The maximum Gasteiger partial charge on any atom is 0.272 e. The van der Waals surface area contributed by atoms with Crippen LogP contribution in [0.4, 0.5) is 5.69 Å². The molecular weight excluding hydrogens is 294 g/mol. The normalized spacial score (nSPS) is 19.0. The summed E-state index contributed by atoms with van der Waals surface area (Å²) in [6.07, 6.45) is 3.75. The van der Waals surface area contributed by atoms with Gasteiger partial charge in [-0.3, -0.25) is 15.0 Å². The van der Waals surface area contributed by atoms with Crippen molar-refractivity contribution in [1.82, 2.24) is 19.8 Å². The highest BCUT2D eigenvalue weighted by Gasteiger charge is 2.27. The number of aromatic nitrogens is 2. The van der Waals surface area contributed by atoms with Gasteiger partial charge in [-0.2, -0.15) is 0 Å². The van der Waals surface area contributed by atoms with Crippen LogP contribution >= 0.6 is 0 Å². The molecule has 0 aliphatic carbocycles. The van der Waals surface area contributed by atoms with Crippen molar-refractivity contribution in [2.24, 2.45) is 7.05 Å². The van der Waals surface area contributed by atoms with Gasteiger partial charge in [-0.25, -0.2) is 4.98 Å². The van der Waals surface area contributed by atoms with Crippen molar-refractivity contribution in [3.05, 3.63) is 57.7 Å². The first kappa shape index (κ1) is 15.6. The largest absolute Gasteiger partial charge is 0.337 e. The molecule has 1 atom stereocenters. The molecule has 23 heavy (non-hydrogen) atoms. The molecule has 1 fully saturated rings. The van der Waals surface area contributed by atoms with Crippen LogP contribution in [0, 0.1) is 17.0 Å². The van der Waals surface area contributed by atoms with E-state index in [1.54, 1.807) is 19.2 Å². The van der Waals surface area contributed by atoms with Crippen LogP contribution in [-0.2, 0) is 13.6 Å². The number of rotatable bonds is 4. The van der Waals surface area contributed by atoms with Crippen LogP contribution in [0.2, 0.25) is 0 Å². The van der Waals surface area contributed by atoms with Crippen molar-refractivity contribution < 1.29 is 4.92 Å². The van der Waals surface area contributed by atoms with E-state index in [0.29, 0.717) is 12.1 Å². The molecule has 3 rings (SSSR count). The Hall–Kier alpha value is -2.25. The highest BCUT2D eigenvalue weighted by atomic mass is 16.6. The summed E-state index contributed by atoms with van der Waals surface area (Å²) in [4.78, 5) is 17.6.